The van der Waals surface area contributed by atoms with E-state index in [0.29, 0.717) is 35.4 Å². The van der Waals surface area contributed by atoms with Crippen LogP contribution in [0.1, 0.15) is 27.9 Å². The quantitative estimate of drug-likeness (QED) is 0.511. The summed E-state index contributed by atoms with van der Waals surface area (Å²) in [6.45, 7) is 0.617. The summed E-state index contributed by atoms with van der Waals surface area (Å²) in [6, 6.07) is 14.5. The van der Waals surface area contributed by atoms with E-state index in [2.05, 4.69) is 17.2 Å². The largest absolute Gasteiger partial charge is 0.445 e. The molecule has 0 fully saturated rings. The van der Waals surface area contributed by atoms with Gasteiger partial charge < -0.3 is 10.1 Å². The van der Waals surface area contributed by atoms with Crippen LogP contribution in [-0.4, -0.2) is 18.9 Å². The number of benzene rings is 2. The van der Waals surface area contributed by atoms with Gasteiger partial charge >= 0.3 is 6.09 Å². The molecule has 5 heteroatoms. The number of aldehydes is 1. The summed E-state index contributed by atoms with van der Waals surface area (Å²) >= 11 is 5.85. The zero-order valence-electron chi connectivity index (χ0n) is 12.9. The Morgan fingerprint density at radius 2 is 2.00 bits per heavy atom. The molecule has 24 heavy (non-hydrogen) atoms. The highest BCUT2D eigenvalue weighted by atomic mass is 35.5. The number of ether oxygens (including phenoxy) is 1. The van der Waals surface area contributed by atoms with E-state index >= 15 is 0 Å². The number of halogens is 1. The van der Waals surface area contributed by atoms with Crippen LogP contribution in [0.5, 0.6) is 0 Å². The molecule has 0 radical (unpaired) electrons. The van der Waals surface area contributed by atoms with Gasteiger partial charge in [-0.1, -0.05) is 53.8 Å². The summed E-state index contributed by atoms with van der Waals surface area (Å²) in [5, 5.41) is 3.03. The van der Waals surface area contributed by atoms with Crippen molar-refractivity contribution in [3.05, 3.63) is 70.2 Å². The highest BCUT2D eigenvalue weighted by Crippen LogP contribution is 2.15. The minimum Gasteiger partial charge on any atom is -0.445 e. The predicted molar refractivity (Wildman–Crippen MR) is 93.0 cm³/mol. The molecule has 0 saturated carbocycles. The fourth-order valence-corrected chi connectivity index (χ4v) is 2.04. The summed E-state index contributed by atoms with van der Waals surface area (Å²) in [5.41, 5.74) is 2.04. The second-order valence-corrected chi connectivity index (χ2v) is 5.30. The molecule has 0 saturated heterocycles. The van der Waals surface area contributed by atoms with Crippen LogP contribution in [0.2, 0.25) is 5.02 Å². The molecule has 0 aliphatic rings. The number of hydrogen-bond donors (Lipinski definition) is 1. The summed E-state index contributed by atoms with van der Waals surface area (Å²) in [5.74, 6) is 5.84. The smallest absolute Gasteiger partial charge is 0.407 e. The number of amides is 1. The van der Waals surface area contributed by atoms with Crippen LogP contribution < -0.4 is 5.32 Å². The molecule has 2 aromatic rings. The van der Waals surface area contributed by atoms with E-state index in [1.807, 2.05) is 30.3 Å². The zero-order valence-corrected chi connectivity index (χ0v) is 13.7. The van der Waals surface area contributed by atoms with E-state index in [-0.39, 0.29) is 6.61 Å². The molecule has 1 N–H and O–H groups in total. The SMILES string of the molecule is O=Cc1cc(C#CCCNC(=O)OCc2ccccc2)ccc1Cl. The average Bonchev–Trinajstić information content (AvgIpc) is 2.62. The summed E-state index contributed by atoms with van der Waals surface area (Å²) in [4.78, 5) is 22.3. The molecule has 0 spiro atoms. The second kappa shape index (κ2) is 9.39. The first-order valence-electron chi connectivity index (χ1n) is 7.37. The van der Waals surface area contributed by atoms with Gasteiger partial charge in [0.15, 0.2) is 6.29 Å². The third-order valence-corrected chi connectivity index (χ3v) is 3.43. The van der Waals surface area contributed by atoms with Gasteiger partial charge in [0.1, 0.15) is 6.61 Å². The maximum Gasteiger partial charge on any atom is 0.407 e. The van der Waals surface area contributed by atoms with Crippen LogP contribution in [0.25, 0.3) is 0 Å². The van der Waals surface area contributed by atoms with Crippen LogP contribution in [-0.2, 0) is 11.3 Å². The lowest BCUT2D eigenvalue weighted by Crippen LogP contribution is -2.24. The lowest BCUT2D eigenvalue weighted by atomic mass is 10.1. The first-order chi connectivity index (χ1) is 11.7. The van der Waals surface area contributed by atoms with Gasteiger partial charge in [-0.05, 0) is 23.8 Å². The lowest BCUT2D eigenvalue weighted by Gasteiger charge is -2.05. The number of carbonyl (C=O) groups excluding carboxylic acids is 2. The van der Waals surface area contributed by atoms with Gasteiger partial charge in [-0.3, -0.25) is 4.79 Å². The Balaban J connectivity index is 1.71. The number of alkyl carbamates (subject to hydrolysis) is 1. The topological polar surface area (TPSA) is 55.4 Å². The van der Waals surface area contributed by atoms with Crippen molar-refractivity contribution in [2.24, 2.45) is 0 Å². The van der Waals surface area contributed by atoms with Crippen LogP contribution in [0.4, 0.5) is 4.79 Å². The van der Waals surface area contributed by atoms with E-state index in [4.69, 9.17) is 16.3 Å². The van der Waals surface area contributed by atoms with Gasteiger partial charge in [0.25, 0.3) is 0 Å². The molecule has 0 bridgehead atoms. The van der Waals surface area contributed by atoms with Gasteiger partial charge in [0.05, 0.1) is 5.02 Å². The molecule has 0 aromatic heterocycles. The summed E-state index contributed by atoms with van der Waals surface area (Å²) in [6.07, 6.45) is 0.687. The molecule has 0 heterocycles. The average molecular weight is 342 g/mol. The predicted octanol–water partition coefficient (Wildman–Crippen LogP) is 3.82. The van der Waals surface area contributed by atoms with Crippen molar-refractivity contribution in [2.75, 3.05) is 6.54 Å². The fraction of sp³-hybridized carbons (Fsp3) is 0.158. The Morgan fingerprint density at radius 3 is 2.75 bits per heavy atom. The van der Waals surface area contributed by atoms with E-state index in [1.54, 1.807) is 18.2 Å². The highest BCUT2D eigenvalue weighted by Gasteiger charge is 2.01. The minimum absolute atomic E-state index is 0.234. The Labute approximate surface area is 145 Å². The number of carbonyl (C=O) groups is 2. The van der Waals surface area contributed by atoms with Crippen molar-refractivity contribution >= 4 is 24.0 Å². The third kappa shape index (κ3) is 5.79. The second-order valence-electron chi connectivity index (χ2n) is 4.89. The first-order valence-corrected chi connectivity index (χ1v) is 7.75. The Hall–Kier alpha value is -2.77. The normalized spacial score (nSPS) is 9.54. The third-order valence-electron chi connectivity index (χ3n) is 3.09. The zero-order chi connectivity index (χ0) is 17.2. The molecule has 0 aliphatic heterocycles. The van der Waals surface area contributed by atoms with Gasteiger partial charge in [0, 0.05) is 24.1 Å². The molecule has 0 aliphatic carbocycles. The van der Waals surface area contributed by atoms with E-state index in [9.17, 15) is 9.59 Å². The van der Waals surface area contributed by atoms with Crippen molar-refractivity contribution in [1.82, 2.24) is 5.32 Å². The maximum atomic E-state index is 11.5. The monoisotopic (exact) mass is 341 g/mol. The fourth-order valence-electron chi connectivity index (χ4n) is 1.88. The van der Waals surface area contributed by atoms with E-state index in [1.165, 1.54) is 0 Å². The number of nitrogens with one attached hydrogen (secondary N) is 1. The van der Waals surface area contributed by atoms with Crippen molar-refractivity contribution < 1.29 is 14.3 Å². The van der Waals surface area contributed by atoms with Gasteiger partial charge in [-0.15, -0.1) is 0 Å². The van der Waals surface area contributed by atoms with E-state index < -0.39 is 6.09 Å². The van der Waals surface area contributed by atoms with Gasteiger partial charge in [-0.2, -0.15) is 0 Å². The molecular formula is C19H16ClNO3. The number of hydrogen-bond acceptors (Lipinski definition) is 3. The number of rotatable bonds is 5. The molecule has 0 unspecified atom stereocenters. The van der Waals surface area contributed by atoms with Crippen molar-refractivity contribution in [1.29, 1.82) is 0 Å². The van der Waals surface area contributed by atoms with Crippen molar-refractivity contribution in [3.63, 3.8) is 0 Å². The molecule has 2 aromatic carbocycles. The van der Waals surface area contributed by atoms with Crippen LogP contribution in [0, 0.1) is 11.8 Å². The maximum absolute atomic E-state index is 11.5. The van der Waals surface area contributed by atoms with Crippen molar-refractivity contribution in [3.8, 4) is 11.8 Å². The molecule has 2 rings (SSSR count). The Kier molecular flexibility index (Phi) is 6.88. The van der Waals surface area contributed by atoms with Crippen LogP contribution in [0.3, 0.4) is 0 Å². The Bertz CT molecular complexity index is 763. The molecule has 4 nitrogen and oxygen atoms in total. The van der Waals surface area contributed by atoms with Crippen LogP contribution >= 0.6 is 11.6 Å². The highest BCUT2D eigenvalue weighted by molar-refractivity contribution is 6.32. The molecule has 122 valence electrons. The first kappa shape index (κ1) is 17.6. The summed E-state index contributed by atoms with van der Waals surface area (Å²) in [7, 11) is 0. The molecular weight excluding hydrogens is 326 g/mol. The van der Waals surface area contributed by atoms with Crippen molar-refractivity contribution in [2.45, 2.75) is 13.0 Å². The Morgan fingerprint density at radius 1 is 1.21 bits per heavy atom. The van der Waals surface area contributed by atoms with E-state index in [0.717, 1.165) is 5.56 Å². The molecule has 1 amide bonds. The lowest BCUT2D eigenvalue weighted by molar-refractivity contribution is 0.112. The van der Waals surface area contributed by atoms with Gasteiger partial charge in [-0.25, -0.2) is 4.79 Å². The van der Waals surface area contributed by atoms with Gasteiger partial charge in [0.2, 0.25) is 0 Å². The van der Waals surface area contributed by atoms with Crippen LogP contribution in [0.15, 0.2) is 48.5 Å². The standard InChI is InChI=1S/C19H16ClNO3/c20-18-10-9-15(12-17(18)13-22)6-4-5-11-21-19(23)24-14-16-7-2-1-3-8-16/h1-3,7-10,12-13H,5,11,14H2,(H,21,23). The minimum atomic E-state index is -0.476. The molecule has 0 atom stereocenters. The summed E-state index contributed by atoms with van der Waals surface area (Å²) < 4.78 is 5.08.